The van der Waals surface area contributed by atoms with Crippen LogP contribution in [-0.2, 0) is 6.18 Å². The molecule has 0 aliphatic carbocycles. The lowest BCUT2D eigenvalue weighted by Crippen LogP contribution is -2.07. The van der Waals surface area contributed by atoms with Crippen LogP contribution in [0.25, 0.3) is 0 Å². The number of halogens is 3. The van der Waals surface area contributed by atoms with Gasteiger partial charge in [0.15, 0.2) is 0 Å². The summed E-state index contributed by atoms with van der Waals surface area (Å²) in [4.78, 5) is 15.6. The zero-order valence-corrected chi connectivity index (χ0v) is 23.0. The van der Waals surface area contributed by atoms with Crippen molar-refractivity contribution in [3.63, 3.8) is 0 Å². The fourth-order valence-electron chi connectivity index (χ4n) is 2.71. The van der Waals surface area contributed by atoms with Crippen LogP contribution in [0.15, 0.2) is 49.1 Å². The van der Waals surface area contributed by atoms with Gasteiger partial charge >= 0.3 is 12.2 Å². The zero-order chi connectivity index (χ0) is 28.0. The number of hydrogen-bond acceptors (Lipinski definition) is 6. The molecule has 0 atom stereocenters. The third-order valence-electron chi connectivity index (χ3n) is 5.05. The Balaban J connectivity index is 0.000000278. The van der Waals surface area contributed by atoms with Crippen LogP contribution in [0.2, 0.25) is 0 Å². The van der Waals surface area contributed by atoms with Crippen LogP contribution in [0.3, 0.4) is 0 Å². The fraction of sp³-hybridized carbons (Fsp3) is 0.500. The van der Waals surface area contributed by atoms with Crippen molar-refractivity contribution >= 4 is 0 Å². The monoisotopic (exact) mass is 520 g/mol. The maximum Gasteiger partial charge on any atom is 0.433 e. The predicted molar refractivity (Wildman–Crippen MR) is 140 cm³/mol. The molecule has 0 saturated carbocycles. The van der Waals surface area contributed by atoms with E-state index in [-0.39, 0.29) is 5.92 Å². The van der Waals surface area contributed by atoms with Crippen molar-refractivity contribution in [2.75, 3.05) is 13.2 Å². The first-order valence-corrected chi connectivity index (χ1v) is 12.5. The molecule has 0 unspecified atom stereocenters. The van der Waals surface area contributed by atoms with E-state index in [1.54, 1.807) is 0 Å². The average Bonchev–Trinajstić information content (AvgIpc) is 2.85. The summed E-state index contributed by atoms with van der Waals surface area (Å²) >= 11 is 0. The molecule has 37 heavy (non-hydrogen) atoms. The standard InChI is InChI=1S/C10H15NO.C9H10F3N.C9H14N2O/c1-4-12-10-6-5-9(7-11-10)8(2)3;1-6(2)7-3-4-8(13-5-7)9(10,11)12;1-4-12-9-10-5-8(6-11-9)7(2)3/h5-8H,4H2,1-3H3;3-6H,1-2H3;5-7H,4H2,1-3H3. The molecule has 3 aromatic heterocycles. The van der Waals surface area contributed by atoms with Gasteiger partial charge in [-0.3, -0.25) is 4.98 Å². The highest BCUT2D eigenvalue weighted by Crippen LogP contribution is 2.28. The highest BCUT2D eigenvalue weighted by atomic mass is 19.4. The molecule has 0 radical (unpaired) electrons. The molecule has 9 heteroatoms. The van der Waals surface area contributed by atoms with E-state index in [1.165, 1.54) is 17.8 Å². The zero-order valence-electron chi connectivity index (χ0n) is 23.0. The second-order valence-corrected chi connectivity index (χ2v) is 9.03. The van der Waals surface area contributed by atoms with E-state index in [0.717, 1.165) is 17.2 Å². The van der Waals surface area contributed by atoms with Crippen molar-refractivity contribution in [3.05, 3.63) is 71.4 Å². The largest absolute Gasteiger partial charge is 0.478 e. The van der Waals surface area contributed by atoms with Crippen LogP contribution in [0.1, 0.15) is 95.5 Å². The molecule has 3 rings (SSSR count). The first-order chi connectivity index (χ1) is 17.4. The Morgan fingerprint density at radius 3 is 1.43 bits per heavy atom. The number of aromatic nitrogens is 4. The number of ether oxygens (including phenoxy) is 2. The molecule has 0 spiro atoms. The van der Waals surface area contributed by atoms with Crippen LogP contribution in [-0.4, -0.2) is 33.1 Å². The lowest BCUT2D eigenvalue weighted by atomic mass is 10.1. The molecule has 0 bridgehead atoms. The first kappa shape index (κ1) is 31.8. The summed E-state index contributed by atoms with van der Waals surface area (Å²) in [7, 11) is 0. The molecule has 0 amide bonds. The molecule has 3 aromatic rings. The predicted octanol–water partition coefficient (Wildman–Crippen LogP) is 7.83. The maximum absolute atomic E-state index is 12.1. The van der Waals surface area contributed by atoms with Crippen molar-refractivity contribution in [2.45, 2.75) is 79.3 Å². The van der Waals surface area contributed by atoms with E-state index in [0.29, 0.717) is 36.9 Å². The quantitative estimate of drug-likeness (QED) is 0.316. The van der Waals surface area contributed by atoms with Crippen molar-refractivity contribution in [3.8, 4) is 11.9 Å². The van der Waals surface area contributed by atoms with Gasteiger partial charge in [-0.15, -0.1) is 0 Å². The van der Waals surface area contributed by atoms with E-state index in [2.05, 4.69) is 53.7 Å². The molecule has 204 valence electrons. The third kappa shape index (κ3) is 12.0. The van der Waals surface area contributed by atoms with Crippen LogP contribution in [0.5, 0.6) is 11.9 Å². The van der Waals surface area contributed by atoms with E-state index in [9.17, 15) is 13.2 Å². The molecule has 0 N–H and O–H groups in total. The summed E-state index contributed by atoms with van der Waals surface area (Å²) in [5.41, 5.74) is 2.36. The SMILES string of the molecule is CC(C)c1ccc(C(F)(F)F)nc1.CCOc1ccc(C(C)C)cn1.CCOc1ncc(C(C)C)cn1. The van der Waals surface area contributed by atoms with Gasteiger partial charge in [0.2, 0.25) is 5.88 Å². The normalized spacial score (nSPS) is 11.0. The minimum absolute atomic E-state index is 0.204. The molecule has 3 heterocycles. The number of hydrogen-bond donors (Lipinski definition) is 0. The van der Waals surface area contributed by atoms with Gasteiger partial charge in [-0.05, 0) is 54.4 Å². The van der Waals surface area contributed by atoms with E-state index < -0.39 is 11.9 Å². The van der Waals surface area contributed by atoms with Gasteiger partial charge in [-0.1, -0.05) is 53.7 Å². The Labute approximate surface area is 218 Å². The Morgan fingerprint density at radius 2 is 1.08 bits per heavy atom. The highest BCUT2D eigenvalue weighted by Gasteiger charge is 2.32. The third-order valence-corrected chi connectivity index (χ3v) is 5.05. The Kier molecular flexibility index (Phi) is 13.6. The molecule has 0 fully saturated rings. The van der Waals surface area contributed by atoms with Gasteiger partial charge in [-0.2, -0.15) is 13.2 Å². The van der Waals surface area contributed by atoms with Crippen LogP contribution in [0, 0.1) is 0 Å². The summed E-state index contributed by atoms with van der Waals surface area (Å²) in [6, 6.07) is 6.90. The second kappa shape index (κ2) is 15.8. The molecule has 6 nitrogen and oxygen atoms in total. The fourth-order valence-corrected chi connectivity index (χ4v) is 2.71. The smallest absolute Gasteiger partial charge is 0.433 e. The molecule has 0 aliphatic heterocycles. The first-order valence-electron chi connectivity index (χ1n) is 12.5. The Morgan fingerprint density at radius 1 is 0.622 bits per heavy atom. The van der Waals surface area contributed by atoms with Gasteiger partial charge < -0.3 is 9.47 Å². The number of nitrogens with zero attached hydrogens (tertiary/aromatic N) is 4. The van der Waals surface area contributed by atoms with Crippen LogP contribution in [0.4, 0.5) is 13.2 Å². The Hall–Kier alpha value is -3.23. The van der Waals surface area contributed by atoms with E-state index >= 15 is 0 Å². The van der Waals surface area contributed by atoms with Crippen molar-refractivity contribution in [1.82, 2.24) is 19.9 Å². The van der Waals surface area contributed by atoms with Crippen LogP contribution < -0.4 is 9.47 Å². The van der Waals surface area contributed by atoms with Crippen molar-refractivity contribution in [1.29, 1.82) is 0 Å². The lowest BCUT2D eigenvalue weighted by molar-refractivity contribution is -0.141. The van der Waals surface area contributed by atoms with Gasteiger partial charge in [0, 0.05) is 30.9 Å². The molecular formula is C28H39F3N4O2. The minimum atomic E-state index is -4.34. The summed E-state index contributed by atoms with van der Waals surface area (Å²) in [5.74, 6) is 1.92. The molecular weight excluding hydrogens is 481 g/mol. The summed E-state index contributed by atoms with van der Waals surface area (Å²) < 4.78 is 46.5. The van der Waals surface area contributed by atoms with Gasteiger partial charge in [0.25, 0.3) is 0 Å². The highest BCUT2D eigenvalue weighted by molar-refractivity contribution is 5.20. The number of pyridine rings is 2. The number of rotatable bonds is 7. The maximum atomic E-state index is 12.1. The van der Waals surface area contributed by atoms with Gasteiger partial charge in [0.05, 0.1) is 13.2 Å². The van der Waals surface area contributed by atoms with Crippen molar-refractivity contribution < 1.29 is 22.6 Å². The topological polar surface area (TPSA) is 70.0 Å². The van der Waals surface area contributed by atoms with E-state index in [4.69, 9.17) is 9.47 Å². The average molecular weight is 521 g/mol. The molecule has 0 aromatic carbocycles. The molecule has 0 aliphatic rings. The summed E-state index contributed by atoms with van der Waals surface area (Å²) in [6.45, 7) is 17.5. The number of alkyl halides is 3. The van der Waals surface area contributed by atoms with E-state index in [1.807, 2.05) is 52.4 Å². The lowest BCUT2D eigenvalue weighted by Gasteiger charge is -2.07. The van der Waals surface area contributed by atoms with Crippen LogP contribution >= 0.6 is 0 Å². The summed E-state index contributed by atoms with van der Waals surface area (Å²) in [5, 5.41) is 0. The van der Waals surface area contributed by atoms with Crippen molar-refractivity contribution in [2.24, 2.45) is 0 Å². The molecule has 0 saturated heterocycles. The second-order valence-electron chi connectivity index (χ2n) is 9.03. The van der Waals surface area contributed by atoms with Gasteiger partial charge in [-0.25, -0.2) is 15.0 Å². The Bertz CT molecular complexity index is 952. The minimum Gasteiger partial charge on any atom is -0.478 e. The van der Waals surface area contributed by atoms with Gasteiger partial charge in [0.1, 0.15) is 5.69 Å². The summed E-state index contributed by atoms with van der Waals surface area (Å²) in [6.07, 6.45) is 2.42.